The van der Waals surface area contributed by atoms with Gasteiger partial charge in [0, 0.05) is 9.79 Å². The summed E-state index contributed by atoms with van der Waals surface area (Å²) in [6.07, 6.45) is 0. The number of sulfone groups is 4. The van der Waals surface area contributed by atoms with Crippen molar-refractivity contribution in [3.8, 4) is 0 Å². The Bertz CT molecular complexity index is 4040. The van der Waals surface area contributed by atoms with E-state index in [0.717, 1.165) is 0 Å². The molecule has 79 heavy (non-hydrogen) atoms. The van der Waals surface area contributed by atoms with Gasteiger partial charge in [0.15, 0.2) is 56.3 Å². The van der Waals surface area contributed by atoms with E-state index in [9.17, 15) is 94.4 Å². The summed E-state index contributed by atoms with van der Waals surface area (Å²) in [4.78, 5) is -7.65. The lowest BCUT2D eigenvalue weighted by atomic mass is 10.3. The normalized spacial score (nSPS) is 12.2. The van der Waals surface area contributed by atoms with E-state index in [2.05, 4.69) is 0 Å². The van der Waals surface area contributed by atoms with Crippen molar-refractivity contribution in [2.45, 2.75) is 58.7 Å². The highest BCUT2D eigenvalue weighted by Crippen LogP contribution is 2.45. The quantitative estimate of drug-likeness (QED) is 0.0500. The van der Waals surface area contributed by atoms with Gasteiger partial charge in [-0.05, 0) is 72.8 Å². The summed E-state index contributed by atoms with van der Waals surface area (Å²) in [7, 11) is -29.0. The molecule has 0 aliphatic carbocycles. The van der Waals surface area contributed by atoms with Gasteiger partial charge in [0.2, 0.25) is 51.0 Å². The highest BCUT2D eigenvalue weighted by atomic mass is 32.2. The number of benzene rings is 8. The Balaban J connectivity index is 0.000000272. The Labute approximate surface area is 446 Å². The Morgan fingerprint density at radius 1 is 0.253 bits per heavy atom. The minimum atomic E-state index is -5.52. The van der Waals surface area contributed by atoms with Crippen molar-refractivity contribution in [3.63, 3.8) is 0 Å². The van der Waals surface area contributed by atoms with E-state index >= 15 is 0 Å². The summed E-state index contributed by atoms with van der Waals surface area (Å²) in [5.41, 5.74) is 0. The van der Waals surface area contributed by atoms with Gasteiger partial charge >= 0.3 is 20.2 Å². The molecule has 0 aliphatic rings. The second kappa shape index (κ2) is 23.4. The fourth-order valence-corrected chi connectivity index (χ4v) is 16.9. The zero-order valence-corrected chi connectivity index (χ0v) is 44.2. The van der Waals surface area contributed by atoms with Crippen molar-refractivity contribution in [1.29, 1.82) is 0 Å². The Hall–Kier alpha value is -6.97. The van der Waals surface area contributed by atoms with Gasteiger partial charge in [-0.1, -0.05) is 96.7 Å². The molecule has 0 bridgehead atoms. The Morgan fingerprint density at radius 2 is 0.468 bits per heavy atom. The summed E-state index contributed by atoms with van der Waals surface area (Å²) in [6, 6.07) is 37.0. The number of halogens is 10. The van der Waals surface area contributed by atoms with Gasteiger partial charge in [-0.15, -0.1) is 0 Å². The largest absolute Gasteiger partial charge is 0.300 e. The van der Waals surface area contributed by atoms with Crippen LogP contribution in [0.3, 0.4) is 0 Å². The second-order valence-electron chi connectivity index (χ2n) is 15.3. The average molecular weight is 1240 g/mol. The standard InChI is InChI=1S/C36H26O8S5.2C6HF5O3S/c37-46(38,27-15-5-1-6-16-27)33-25-13-23-31(35(33)48(41,42)29-19-9-3-10-20-29)45-32-24-14-26-34(47(39,40)28-17-7-2-8-18-28)36(32)49(43,44)30-21-11-4-12-22-30;2*7-1-2(8)4(10)6(15(12,13)14)5(11)3(1)9/h1-26H;2*(H,12,13,14). The van der Waals surface area contributed by atoms with Gasteiger partial charge in [-0.3, -0.25) is 9.11 Å². The van der Waals surface area contributed by atoms with Crippen LogP contribution in [0.4, 0.5) is 43.9 Å². The molecule has 8 rings (SSSR count). The fraction of sp³-hybridized carbons (Fsp3) is 0. The van der Waals surface area contributed by atoms with Crippen LogP contribution in [0.1, 0.15) is 0 Å². The van der Waals surface area contributed by atoms with Crippen LogP contribution in [-0.4, -0.2) is 59.6 Å². The first kappa shape index (κ1) is 61.2. The highest BCUT2D eigenvalue weighted by Gasteiger charge is 2.37. The fourth-order valence-electron chi connectivity index (χ4n) is 6.73. The van der Waals surface area contributed by atoms with Gasteiger partial charge in [0.1, 0.15) is 9.79 Å². The second-order valence-corrected chi connectivity index (χ2v) is 26.7. The van der Waals surface area contributed by atoms with Crippen LogP contribution >= 0.6 is 11.8 Å². The first-order chi connectivity index (χ1) is 36.7. The predicted molar refractivity (Wildman–Crippen MR) is 257 cm³/mol. The molecule has 8 aromatic rings. The molecule has 14 nitrogen and oxygen atoms in total. The third kappa shape index (κ3) is 12.4. The van der Waals surface area contributed by atoms with Gasteiger partial charge in [0.25, 0.3) is 0 Å². The van der Waals surface area contributed by atoms with E-state index in [1.807, 2.05) is 0 Å². The maximum absolute atomic E-state index is 14.4. The minimum absolute atomic E-state index is 0.125. The molecular weight excluding hydrogens is 1210 g/mol. The monoisotopic (exact) mass is 1240 g/mol. The molecular formula is C48H28F10O14S7. The van der Waals surface area contributed by atoms with E-state index in [1.54, 1.807) is 24.3 Å². The molecule has 8 aromatic carbocycles. The Morgan fingerprint density at radius 3 is 0.696 bits per heavy atom. The third-order valence-corrected chi connectivity index (χ3v) is 21.0. The lowest BCUT2D eigenvalue weighted by Crippen LogP contribution is -2.13. The van der Waals surface area contributed by atoms with Crippen LogP contribution < -0.4 is 0 Å². The van der Waals surface area contributed by atoms with E-state index in [4.69, 9.17) is 9.11 Å². The molecule has 0 saturated carbocycles. The van der Waals surface area contributed by atoms with Crippen LogP contribution in [0.2, 0.25) is 0 Å². The van der Waals surface area contributed by atoms with Crippen molar-refractivity contribution in [1.82, 2.24) is 0 Å². The molecule has 0 radical (unpaired) electrons. The molecule has 0 aliphatic heterocycles. The zero-order chi connectivity index (χ0) is 58.8. The number of rotatable bonds is 12. The topological polar surface area (TPSA) is 245 Å². The lowest BCUT2D eigenvalue weighted by Gasteiger charge is -2.19. The average Bonchev–Trinajstić information content (AvgIpc) is 3.45. The first-order valence-electron chi connectivity index (χ1n) is 20.8. The maximum Gasteiger partial charge on any atom is 0.300 e. The Kier molecular flexibility index (Phi) is 18.1. The van der Waals surface area contributed by atoms with Crippen LogP contribution in [0.25, 0.3) is 0 Å². The molecule has 0 heterocycles. The molecule has 0 unspecified atom stereocenters. The molecule has 416 valence electrons. The zero-order valence-electron chi connectivity index (χ0n) is 38.4. The molecule has 0 amide bonds. The van der Waals surface area contributed by atoms with Gasteiger partial charge in [-0.2, -0.15) is 16.8 Å². The third-order valence-electron chi connectivity index (χ3n) is 10.3. The highest BCUT2D eigenvalue weighted by molar-refractivity contribution is 8.01. The number of hydrogen-bond acceptors (Lipinski definition) is 13. The van der Waals surface area contributed by atoms with Crippen molar-refractivity contribution in [2.75, 3.05) is 0 Å². The van der Waals surface area contributed by atoms with Crippen molar-refractivity contribution < 1.29 is 104 Å². The summed E-state index contributed by atoms with van der Waals surface area (Å²) >= 11 is 0.648. The minimum Gasteiger partial charge on any atom is -0.282 e. The van der Waals surface area contributed by atoms with Crippen molar-refractivity contribution in [3.05, 3.63) is 216 Å². The molecule has 31 heteroatoms. The van der Waals surface area contributed by atoms with Crippen LogP contribution in [0, 0.1) is 58.2 Å². The summed E-state index contributed by atoms with van der Waals surface area (Å²) in [5.74, 6) is -25.2. The molecule has 0 spiro atoms. The van der Waals surface area contributed by atoms with E-state index in [-0.39, 0.29) is 29.4 Å². The predicted octanol–water partition coefficient (Wildman–Crippen LogP) is 10.4. The summed E-state index contributed by atoms with van der Waals surface area (Å²) in [5, 5.41) is 0. The maximum atomic E-state index is 14.4. The summed E-state index contributed by atoms with van der Waals surface area (Å²) < 4.78 is 296. The SMILES string of the molecule is O=S(=O)(O)c1c(F)c(F)c(F)c(F)c1F.O=S(=O)(O)c1c(F)c(F)c(F)c(F)c1F.O=S(=O)(c1ccccc1)c1cccc(Sc2cccc(S(=O)(=O)c3ccccc3)c2S(=O)(=O)c2ccccc2)c1S(=O)(=O)c1ccccc1. The van der Waals surface area contributed by atoms with Gasteiger partial charge < -0.3 is 0 Å². The van der Waals surface area contributed by atoms with Gasteiger partial charge in [0.05, 0.1) is 29.4 Å². The molecule has 0 aromatic heterocycles. The molecule has 2 N–H and O–H groups in total. The number of hydrogen-bond donors (Lipinski definition) is 2. The van der Waals surface area contributed by atoms with E-state index < -0.39 is 147 Å². The van der Waals surface area contributed by atoms with E-state index in [1.165, 1.54) is 133 Å². The molecule has 0 atom stereocenters. The summed E-state index contributed by atoms with van der Waals surface area (Å²) in [6.45, 7) is 0. The molecule has 0 saturated heterocycles. The molecule has 0 fully saturated rings. The van der Waals surface area contributed by atoms with Crippen LogP contribution in [0.5, 0.6) is 0 Å². The first-order valence-corrected chi connectivity index (χ1v) is 30.5. The van der Waals surface area contributed by atoms with Crippen LogP contribution in [-0.2, 0) is 59.6 Å². The van der Waals surface area contributed by atoms with E-state index in [0.29, 0.717) is 11.8 Å². The van der Waals surface area contributed by atoms with Crippen molar-refractivity contribution in [2.24, 2.45) is 0 Å². The van der Waals surface area contributed by atoms with Crippen molar-refractivity contribution >= 4 is 71.3 Å². The lowest BCUT2D eigenvalue weighted by molar-refractivity contribution is 0.351. The smallest absolute Gasteiger partial charge is 0.282 e. The van der Waals surface area contributed by atoms with Gasteiger partial charge in [-0.25, -0.2) is 77.6 Å². The van der Waals surface area contributed by atoms with Crippen LogP contribution in [0.15, 0.2) is 216 Å².